The number of nitrogens with two attached hydrogens (primary N) is 1. The number of carbonyl (C=O) groups excluding carboxylic acids is 3. The first-order valence-electron chi connectivity index (χ1n) is 9.62. The molecule has 3 N–H and O–H groups in total. The molecule has 0 radical (unpaired) electrons. The molecule has 4 rings (SSSR count). The van der Waals surface area contributed by atoms with Crippen LogP contribution in [0.25, 0.3) is 0 Å². The van der Waals surface area contributed by atoms with Gasteiger partial charge in [-0.1, -0.05) is 42.5 Å². The number of methoxy groups -OCH3 is 1. The van der Waals surface area contributed by atoms with Crippen LogP contribution in [-0.4, -0.2) is 42.2 Å². The Bertz CT molecular complexity index is 968. The second-order valence-corrected chi connectivity index (χ2v) is 7.86. The third-order valence-electron chi connectivity index (χ3n) is 5.90. The number of imide groups is 1. The average Bonchev–Trinajstić information content (AvgIpc) is 2.97. The Morgan fingerprint density at radius 2 is 1.77 bits per heavy atom. The number of hydrogen-bond acceptors (Lipinski definition) is 5. The quantitative estimate of drug-likeness (QED) is 0.712. The molecule has 2 aliphatic rings. The third-order valence-corrected chi connectivity index (χ3v) is 5.90. The Morgan fingerprint density at radius 1 is 1.10 bits per heavy atom. The molecular formula is C22H23N3O5. The van der Waals surface area contributed by atoms with E-state index in [1.807, 2.05) is 42.5 Å². The number of nitrogens with one attached hydrogen (secondary N) is 1. The summed E-state index contributed by atoms with van der Waals surface area (Å²) in [5.41, 5.74) is 5.35. The number of nitrogens with zero attached hydrogens (tertiary/aromatic N) is 1. The highest BCUT2D eigenvalue weighted by molar-refractivity contribution is 6.08. The van der Waals surface area contributed by atoms with E-state index in [2.05, 4.69) is 5.32 Å². The zero-order valence-electron chi connectivity index (χ0n) is 16.6. The first-order valence-corrected chi connectivity index (χ1v) is 9.62. The van der Waals surface area contributed by atoms with Gasteiger partial charge in [0.2, 0.25) is 0 Å². The van der Waals surface area contributed by atoms with Crippen LogP contribution in [-0.2, 0) is 21.5 Å². The standard InChI is InChI=1S/C22H23N3O5/c1-29-17-9-7-15(8-10-17)11-25-18(26)22(24-20(25)28)12-21(13-22,14-30-19(23)27)16-5-3-2-4-6-16/h2-10H,11-14H2,1H3,(H2,23,27)(H,24,28). The molecule has 8 heteroatoms. The molecule has 30 heavy (non-hydrogen) atoms. The minimum Gasteiger partial charge on any atom is -0.497 e. The number of benzene rings is 2. The number of urea groups is 1. The molecule has 2 fully saturated rings. The first kappa shape index (κ1) is 19.8. The summed E-state index contributed by atoms with van der Waals surface area (Å²) in [5.74, 6) is 0.433. The Morgan fingerprint density at radius 3 is 2.37 bits per heavy atom. The van der Waals surface area contributed by atoms with Crippen molar-refractivity contribution in [2.75, 3.05) is 13.7 Å². The molecule has 2 aromatic carbocycles. The Balaban J connectivity index is 1.53. The fourth-order valence-electron chi connectivity index (χ4n) is 4.47. The van der Waals surface area contributed by atoms with E-state index in [4.69, 9.17) is 15.2 Å². The molecule has 2 aromatic rings. The second-order valence-electron chi connectivity index (χ2n) is 7.86. The summed E-state index contributed by atoms with van der Waals surface area (Å²) in [6, 6.07) is 16.3. The summed E-state index contributed by atoms with van der Waals surface area (Å²) in [5, 5.41) is 2.86. The lowest BCUT2D eigenvalue weighted by molar-refractivity contribution is -0.138. The second kappa shape index (κ2) is 7.37. The highest BCUT2D eigenvalue weighted by atomic mass is 16.5. The van der Waals surface area contributed by atoms with E-state index in [1.54, 1.807) is 19.2 Å². The number of hydrogen-bond donors (Lipinski definition) is 2. The van der Waals surface area contributed by atoms with Gasteiger partial charge in [0, 0.05) is 5.41 Å². The summed E-state index contributed by atoms with van der Waals surface area (Å²) in [7, 11) is 1.58. The summed E-state index contributed by atoms with van der Waals surface area (Å²) in [6.07, 6.45) is -0.198. The SMILES string of the molecule is COc1ccc(CN2C(=O)NC3(CC(COC(N)=O)(c4ccccc4)C3)C2=O)cc1. The largest absolute Gasteiger partial charge is 0.497 e. The van der Waals surface area contributed by atoms with Crippen LogP contribution < -0.4 is 15.8 Å². The van der Waals surface area contributed by atoms with Crippen LogP contribution >= 0.6 is 0 Å². The van der Waals surface area contributed by atoms with E-state index in [1.165, 1.54) is 4.90 Å². The van der Waals surface area contributed by atoms with E-state index < -0.39 is 23.1 Å². The van der Waals surface area contributed by atoms with E-state index in [-0.39, 0.29) is 19.1 Å². The molecule has 4 amide bonds. The van der Waals surface area contributed by atoms with Gasteiger partial charge in [-0.05, 0) is 36.1 Å². The van der Waals surface area contributed by atoms with Crippen LogP contribution in [0.2, 0.25) is 0 Å². The highest BCUT2D eigenvalue weighted by Gasteiger charge is 2.65. The Kier molecular flexibility index (Phi) is 4.85. The molecular weight excluding hydrogens is 386 g/mol. The fourth-order valence-corrected chi connectivity index (χ4v) is 4.47. The normalized spacial score (nSPS) is 25.0. The van der Waals surface area contributed by atoms with E-state index in [0.717, 1.165) is 11.1 Å². The maximum absolute atomic E-state index is 13.2. The summed E-state index contributed by atoms with van der Waals surface area (Å²) >= 11 is 0. The smallest absolute Gasteiger partial charge is 0.404 e. The van der Waals surface area contributed by atoms with Crippen LogP contribution in [0.1, 0.15) is 24.0 Å². The maximum Gasteiger partial charge on any atom is 0.404 e. The number of ether oxygens (including phenoxy) is 2. The van der Waals surface area contributed by atoms with Gasteiger partial charge in [0.25, 0.3) is 5.91 Å². The minimum atomic E-state index is -1.000. The Labute approximate surface area is 173 Å². The first-order chi connectivity index (χ1) is 14.4. The van der Waals surface area contributed by atoms with Crippen molar-refractivity contribution in [2.24, 2.45) is 5.73 Å². The topological polar surface area (TPSA) is 111 Å². The lowest BCUT2D eigenvalue weighted by Crippen LogP contribution is -2.65. The predicted molar refractivity (Wildman–Crippen MR) is 108 cm³/mol. The maximum atomic E-state index is 13.2. The van der Waals surface area contributed by atoms with Crippen molar-refractivity contribution >= 4 is 18.0 Å². The van der Waals surface area contributed by atoms with Crippen molar-refractivity contribution in [2.45, 2.75) is 30.3 Å². The van der Waals surface area contributed by atoms with Crippen molar-refractivity contribution in [3.63, 3.8) is 0 Å². The van der Waals surface area contributed by atoms with Crippen molar-refractivity contribution < 1.29 is 23.9 Å². The monoisotopic (exact) mass is 409 g/mol. The van der Waals surface area contributed by atoms with Gasteiger partial charge >= 0.3 is 12.1 Å². The summed E-state index contributed by atoms with van der Waals surface area (Å²) in [4.78, 5) is 38.2. The van der Waals surface area contributed by atoms with Crippen molar-refractivity contribution in [3.05, 3.63) is 65.7 Å². The molecule has 1 heterocycles. The average molecular weight is 409 g/mol. The Hall–Kier alpha value is -3.55. The fraction of sp³-hybridized carbons (Fsp3) is 0.318. The minimum absolute atomic E-state index is 0.0513. The van der Waals surface area contributed by atoms with Crippen molar-refractivity contribution in [1.82, 2.24) is 10.2 Å². The van der Waals surface area contributed by atoms with Gasteiger partial charge in [-0.25, -0.2) is 9.59 Å². The molecule has 0 unspecified atom stereocenters. The van der Waals surface area contributed by atoms with Crippen LogP contribution in [0.5, 0.6) is 5.75 Å². The van der Waals surface area contributed by atoms with Gasteiger partial charge in [-0.2, -0.15) is 0 Å². The highest BCUT2D eigenvalue weighted by Crippen LogP contribution is 2.53. The molecule has 0 aromatic heterocycles. The van der Waals surface area contributed by atoms with Crippen LogP contribution in [0.3, 0.4) is 0 Å². The molecule has 8 nitrogen and oxygen atoms in total. The zero-order chi connectivity index (χ0) is 21.4. The lowest BCUT2D eigenvalue weighted by atomic mass is 9.54. The lowest BCUT2D eigenvalue weighted by Gasteiger charge is -2.52. The zero-order valence-corrected chi connectivity index (χ0v) is 16.6. The van der Waals surface area contributed by atoms with Crippen molar-refractivity contribution in [3.8, 4) is 5.75 Å². The molecule has 1 saturated carbocycles. The van der Waals surface area contributed by atoms with Crippen molar-refractivity contribution in [1.29, 1.82) is 0 Å². The molecule has 156 valence electrons. The van der Waals surface area contributed by atoms with Gasteiger partial charge in [0.1, 0.15) is 17.9 Å². The molecule has 1 spiro atoms. The van der Waals surface area contributed by atoms with Gasteiger partial charge < -0.3 is 20.5 Å². The number of rotatable bonds is 6. The molecule has 0 atom stereocenters. The van der Waals surface area contributed by atoms with E-state index in [9.17, 15) is 14.4 Å². The van der Waals surface area contributed by atoms with Gasteiger partial charge in [-0.3, -0.25) is 9.69 Å². The molecule has 1 aliphatic heterocycles. The molecule has 1 saturated heterocycles. The van der Waals surface area contributed by atoms with Crippen LogP contribution in [0, 0.1) is 0 Å². The predicted octanol–water partition coefficient (Wildman–Crippen LogP) is 2.31. The van der Waals surface area contributed by atoms with E-state index in [0.29, 0.717) is 18.6 Å². The molecule has 1 aliphatic carbocycles. The number of amides is 4. The number of primary amides is 1. The van der Waals surface area contributed by atoms with Gasteiger partial charge in [0.05, 0.1) is 13.7 Å². The van der Waals surface area contributed by atoms with Gasteiger partial charge in [0.15, 0.2) is 0 Å². The van der Waals surface area contributed by atoms with E-state index >= 15 is 0 Å². The molecule has 0 bridgehead atoms. The summed E-state index contributed by atoms with van der Waals surface area (Å²) < 4.78 is 10.2. The summed E-state index contributed by atoms with van der Waals surface area (Å²) in [6.45, 7) is 0.224. The third kappa shape index (κ3) is 3.34. The van der Waals surface area contributed by atoms with Crippen LogP contribution in [0.15, 0.2) is 54.6 Å². The van der Waals surface area contributed by atoms with Gasteiger partial charge in [-0.15, -0.1) is 0 Å². The van der Waals surface area contributed by atoms with Crippen LogP contribution in [0.4, 0.5) is 9.59 Å². The number of carbonyl (C=O) groups is 3.